The van der Waals surface area contributed by atoms with Crippen molar-refractivity contribution in [2.24, 2.45) is 0 Å². The summed E-state index contributed by atoms with van der Waals surface area (Å²) in [6.07, 6.45) is -3.14. The number of aromatic hydroxyl groups is 1. The fourth-order valence-corrected chi connectivity index (χ4v) is 0.893. The van der Waals surface area contributed by atoms with Gasteiger partial charge in [0.25, 0.3) is 6.43 Å². The van der Waals surface area contributed by atoms with Gasteiger partial charge in [-0.3, -0.25) is 4.79 Å². The van der Waals surface area contributed by atoms with Crippen LogP contribution in [0.5, 0.6) is 5.75 Å². The van der Waals surface area contributed by atoms with Crippen molar-refractivity contribution in [3.63, 3.8) is 0 Å². The van der Waals surface area contributed by atoms with Crippen molar-refractivity contribution < 1.29 is 23.8 Å². The standard InChI is InChI=1S/C7H5F2NO4/c8-6(9)4-5(12)2(7(13)14)1-3(11)10-4/h1,6,12H,(H,10,11)(H,13,14). The van der Waals surface area contributed by atoms with E-state index < -0.39 is 35.0 Å². The van der Waals surface area contributed by atoms with Gasteiger partial charge in [0.15, 0.2) is 5.75 Å². The average molecular weight is 205 g/mol. The van der Waals surface area contributed by atoms with Gasteiger partial charge in [-0.1, -0.05) is 0 Å². The van der Waals surface area contributed by atoms with Crippen molar-refractivity contribution in [2.45, 2.75) is 6.43 Å². The normalized spacial score (nSPS) is 10.5. The highest BCUT2D eigenvalue weighted by Gasteiger charge is 2.20. The molecule has 0 aliphatic rings. The lowest BCUT2D eigenvalue weighted by atomic mass is 10.2. The lowest BCUT2D eigenvalue weighted by Crippen LogP contribution is -2.13. The predicted octanol–water partition coefficient (Wildman–Crippen LogP) is 0.716. The summed E-state index contributed by atoms with van der Waals surface area (Å²) in [5.74, 6) is -2.76. The fourth-order valence-electron chi connectivity index (χ4n) is 0.893. The Kier molecular flexibility index (Phi) is 2.50. The molecule has 7 heteroatoms. The van der Waals surface area contributed by atoms with Crippen LogP contribution >= 0.6 is 0 Å². The first kappa shape index (κ1) is 10.2. The molecular weight excluding hydrogens is 200 g/mol. The lowest BCUT2D eigenvalue weighted by molar-refractivity contribution is 0.0692. The molecule has 0 aliphatic heterocycles. The molecule has 0 aliphatic carbocycles. The Morgan fingerprint density at radius 2 is 2.07 bits per heavy atom. The molecule has 0 spiro atoms. The molecule has 0 unspecified atom stereocenters. The van der Waals surface area contributed by atoms with Crippen molar-refractivity contribution >= 4 is 5.97 Å². The molecule has 0 atom stereocenters. The molecule has 0 saturated carbocycles. The van der Waals surface area contributed by atoms with Gasteiger partial charge in [-0.25, -0.2) is 13.6 Å². The van der Waals surface area contributed by atoms with Gasteiger partial charge < -0.3 is 15.2 Å². The molecule has 0 bridgehead atoms. The third kappa shape index (κ3) is 1.70. The summed E-state index contributed by atoms with van der Waals surface area (Å²) in [4.78, 5) is 22.8. The summed E-state index contributed by atoms with van der Waals surface area (Å²) in [6.45, 7) is 0. The number of hydrogen-bond donors (Lipinski definition) is 3. The van der Waals surface area contributed by atoms with Crippen LogP contribution in [0.4, 0.5) is 8.78 Å². The summed E-state index contributed by atoms with van der Waals surface area (Å²) in [7, 11) is 0. The fraction of sp³-hybridized carbons (Fsp3) is 0.143. The first-order valence-corrected chi connectivity index (χ1v) is 3.41. The summed E-state index contributed by atoms with van der Waals surface area (Å²) in [5.41, 5.74) is -2.94. The predicted molar refractivity (Wildman–Crippen MR) is 40.6 cm³/mol. The maximum absolute atomic E-state index is 12.1. The van der Waals surface area contributed by atoms with Crippen LogP contribution in [0.2, 0.25) is 0 Å². The van der Waals surface area contributed by atoms with E-state index >= 15 is 0 Å². The van der Waals surface area contributed by atoms with E-state index in [1.165, 1.54) is 0 Å². The molecule has 1 heterocycles. The molecule has 3 N–H and O–H groups in total. The van der Waals surface area contributed by atoms with E-state index in [-0.39, 0.29) is 0 Å². The second-order valence-electron chi connectivity index (χ2n) is 2.42. The topological polar surface area (TPSA) is 90.4 Å². The van der Waals surface area contributed by atoms with Gasteiger partial charge in [0, 0.05) is 6.07 Å². The number of carboxylic acid groups (broad SMARTS) is 1. The van der Waals surface area contributed by atoms with Crippen LogP contribution < -0.4 is 5.56 Å². The number of aromatic amines is 1. The number of nitrogens with one attached hydrogen (secondary N) is 1. The van der Waals surface area contributed by atoms with Crippen molar-refractivity contribution in [3.05, 3.63) is 27.7 Å². The zero-order chi connectivity index (χ0) is 10.9. The minimum atomic E-state index is -3.14. The number of carboxylic acids is 1. The van der Waals surface area contributed by atoms with Gasteiger partial charge in [0.2, 0.25) is 5.56 Å². The van der Waals surface area contributed by atoms with Crippen LogP contribution in [0.25, 0.3) is 0 Å². The summed E-state index contributed by atoms with van der Waals surface area (Å²) in [5, 5.41) is 17.5. The molecule has 0 radical (unpaired) electrons. The summed E-state index contributed by atoms with van der Waals surface area (Å²) in [6, 6.07) is 0.531. The van der Waals surface area contributed by atoms with E-state index in [1.54, 1.807) is 4.98 Å². The minimum Gasteiger partial charge on any atom is -0.505 e. The number of H-pyrrole nitrogens is 1. The van der Waals surface area contributed by atoms with Crippen molar-refractivity contribution in [3.8, 4) is 5.75 Å². The van der Waals surface area contributed by atoms with E-state index in [9.17, 15) is 18.4 Å². The minimum absolute atomic E-state index is 0.531. The van der Waals surface area contributed by atoms with E-state index in [2.05, 4.69) is 0 Å². The highest BCUT2D eigenvalue weighted by Crippen LogP contribution is 2.27. The van der Waals surface area contributed by atoms with Gasteiger partial charge in [0.05, 0.1) is 0 Å². The molecular formula is C7H5F2NO4. The van der Waals surface area contributed by atoms with E-state index in [0.717, 1.165) is 0 Å². The molecule has 14 heavy (non-hydrogen) atoms. The van der Waals surface area contributed by atoms with Crippen molar-refractivity contribution in [1.29, 1.82) is 0 Å². The second-order valence-corrected chi connectivity index (χ2v) is 2.42. The van der Waals surface area contributed by atoms with Crippen LogP contribution in [-0.2, 0) is 0 Å². The lowest BCUT2D eigenvalue weighted by Gasteiger charge is -2.04. The molecule has 76 valence electrons. The Morgan fingerprint density at radius 3 is 2.50 bits per heavy atom. The molecule has 0 amide bonds. The summed E-state index contributed by atoms with van der Waals surface area (Å²) < 4.78 is 24.3. The monoisotopic (exact) mass is 205 g/mol. The molecule has 0 saturated heterocycles. The van der Waals surface area contributed by atoms with Gasteiger partial charge >= 0.3 is 5.97 Å². The number of aromatic carboxylic acids is 1. The first-order valence-electron chi connectivity index (χ1n) is 3.41. The van der Waals surface area contributed by atoms with Gasteiger partial charge in [-0.05, 0) is 0 Å². The highest BCUT2D eigenvalue weighted by atomic mass is 19.3. The number of aromatic nitrogens is 1. The van der Waals surface area contributed by atoms with Crippen LogP contribution in [-0.4, -0.2) is 21.2 Å². The Hall–Kier alpha value is -1.92. The Bertz CT molecular complexity index is 426. The molecule has 1 aromatic heterocycles. The zero-order valence-corrected chi connectivity index (χ0v) is 6.62. The molecule has 0 fully saturated rings. The Morgan fingerprint density at radius 1 is 1.50 bits per heavy atom. The van der Waals surface area contributed by atoms with E-state index in [4.69, 9.17) is 10.2 Å². The smallest absolute Gasteiger partial charge is 0.339 e. The number of rotatable bonds is 2. The second kappa shape index (κ2) is 3.44. The molecule has 1 rings (SSSR count). The third-order valence-electron chi connectivity index (χ3n) is 1.49. The summed E-state index contributed by atoms with van der Waals surface area (Å²) >= 11 is 0. The zero-order valence-electron chi connectivity index (χ0n) is 6.62. The maximum atomic E-state index is 12.1. The number of pyridine rings is 1. The van der Waals surface area contributed by atoms with Gasteiger partial charge in [-0.15, -0.1) is 0 Å². The Balaban J connectivity index is 3.48. The van der Waals surface area contributed by atoms with E-state index in [1.807, 2.05) is 0 Å². The Labute approximate surface area is 75.6 Å². The van der Waals surface area contributed by atoms with E-state index in [0.29, 0.717) is 6.07 Å². The van der Waals surface area contributed by atoms with Crippen LogP contribution in [0.1, 0.15) is 22.5 Å². The molecule has 0 aromatic carbocycles. The van der Waals surface area contributed by atoms with Crippen LogP contribution in [0, 0.1) is 0 Å². The number of halogens is 2. The SMILES string of the molecule is O=C(O)c1cc(=O)[nH]c(C(F)F)c1O. The average Bonchev–Trinajstić information content (AvgIpc) is 2.07. The number of carbonyl (C=O) groups is 1. The third-order valence-corrected chi connectivity index (χ3v) is 1.49. The quantitative estimate of drug-likeness (QED) is 0.663. The van der Waals surface area contributed by atoms with Crippen LogP contribution in [0.3, 0.4) is 0 Å². The number of hydrogen-bond acceptors (Lipinski definition) is 3. The number of alkyl halides is 2. The van der Waals surface area contributed by atoms with Crippen molar-refractivity contribution in [1.82, 2.24) is 4.98 Å². The molecule has 5 nitrogen and oxygen atoms in total. The largest absolute Gasteiger partial charge is 0.505 e. The van der Waals surface area contributed by atoms with Gasteiger partial charge in [0.1, 0.15) is 11.3 Å². The maximum Gasteiger partial charge on any atom is 0.339 e. The van der Waals surface area contributed by atoms with Gasteiger partial charge in [-0.2, -0.15) is 0 Å². The van der Waals surface area contributed by atoms with Crippen molar-refractivity contribution in [2.75, 3.05) is 0 Å². The first-order chi connectivity index (χ1) is 6.43. The molecule has 1 aromatic rings. The van der Waals surface area contributed by atoms with Crippen LogP contribution in [0.15, 0.2) is 10.9 Å². The highest BCUT2D eigenvalue weighted by molar-refractivity contribution is 5.90.